The molecule has 0 amide bonds. The Hall–Kier alpha value is -1.55. The molecule has 0 bridgehead atoms. The van der Waals surface area contributed by atoms with Gasteiger partial charge in [0, 0.05) is 19.3 Å². The molecule has 0 saturated carbocycles. The zero-order chi connectivity index (χ0) is 12.4. The number of anilines is 1. The molecule has 5 heteroatoms. The van der Waals surface area contributed by atoms with Crippen LogP contribution in [0.5, 0.6) is 0 Å². The van der Waals surface area contributed by atoms with Gasteiger partial charge in [0.05, 0.1) is 11.1 Å². The first-order chi connectivity index (χ1) is 8.06. The van der Waals surface area contributed by atoms with Crippen LogP contribution in [0.2, 0.25) is 5.02 Å². The van der Waals surface area contributed by atoms with Crippen molar-refractivity contribution in [2.75, 3.05) is 5.32 Å². The van der Waals surface area contributed by atoms with Crippen LogP contribution in [0.4, 0.5) is 10.2 Å². The highest BCUT2D eigenvalue weighted by atomic mass is 35.5. The summed E-state index contributed by atoms with van der Waals surface area (Å²) in [5.41, 5.74) is 0.831. The Kier molecular flexibility index (Phi) is 3.33. The van der Waals surface area contributed by atoms with Crippen LogP contribution in [-0.2, 0) is 7.05 Å². The second-order valence-electron chi connectivity index (χ2n) is 3.91. The summed E-state index contributed by atoms with van der Waals surface area (Å²) in [6, 6.07) is 6.62. The number of benzene rings is 1. The molecule has 0 aliphatic carbocycles. The summed E-state index contributed by atoms with van der Waals surface area (Å²) in [7, 11) is 1.85. The summed E-state index contributed by atoms with van der Waals surface area (Å²) in [5, 5.41) is 7.52. The number of hydrogen-bond acceptors (Lipinski definition) is 2. The Morgan fingerprint density at radius 2 is 2.18 bits per heavy atom. The van der Waals surface area contributed by atoms with Crippen molar-refractivity contribution in [2.45, 2.75) is 13.0 Å². The highest BCUT2D eigenvalue weighted by Gasteiger charge is 2.09. The standard InChI is InChI=1S/C12H13ClFN3/c1-8(15-12-5-6-17(2)16-12)9-3-4-10(13)11(14)7-9/h3-8H,1-2H3,(H,15,16). The molecule has 1 N–H and O–H groups in total. The van der Waals surface area contributed by atoms with Crippen molar-refractivity contribution in [3.8, 4) is 0 Å². The van der Waals surface area contributed by atoms with Crippen molar-refractivity contribution in [3.05, 3.63) is 46.9 Å². The minimum Gasteiger partial charge on any atom is -0.362 e. The topological polar surface area (TPSA) is 29.9 Å². The quantitative estimate of drug-likeness (QED) is 0.909. The van der Waals surface area contributed by atoms with E-state index in [4.69, 9.17) is 11.6 Å². The Labute approximate surface area is 104 Å². The van der Waals surface area contributed by atoms with Gasteiger partial charge in [-0.05, 0) is 24.6 Å². The van der Waals surface area contributed by atoms with Crippen LogP contribution in [-0.4, -0.2) is 9.78 Å². The van der Waals surface area contributed by atoms with E-state index in [0.717, 1.165) is 11.4 Å². The van der Waals surface area contributed by atoms with Crippen molar-refractivity contribution in [1.29, 1.82) is 0 Å². The number of rotatable bonds is 3. The maximum Gasteiger partial charge on any atom is 0.148 e. The molecule has 90 valence electrons. The van der Waals surface area contributed by atoms with E-state index >= 15 is 0 Å². The number of aromatic nitrogens is 2. The Bertz CT molecular complexity index is 524. The SMILES string of the molecule is CC(Nc1ccn(C)n1)c1ccc(Cl)c(F)c1. The maximum absolute atomic E-state index is 13.3. The molecule has 0 radical (unpaired) electrons. The largest absolute Gasteiger partial charge is 0.362 e. The average Bonchev–Trinajstić information content (AvgIpc) is 2.68. The summed E-state index contributed by atoms with van der Waals surface area (Å²) in [6.07, 6.45) is 1.84. The van der Waals surface area contributed by atoms with Crippen molar-refractivity contribution >= 4 is 17.4 Å². The molecule has 17 heavy (non-hydrogen) atoms. The Morgan fingerprint density at radius 3 is 2.76 bits per heavy atom. The first kappa shape index (κ1) is 11.9. The third-order valence-electron chi connectivity index (χ3n) is 2.52. The maximum atomic E-state index is 13.3. The van der Waals surface area contributed by atoms with Crippen LogP contribution >= 0.6 is 11.6 Å². The zero-order valence-electron chi connectivity index (χ0n) is 9.61. The van der Waals surface area contributed by atoms with Gasteiger partial charge in [-0.25, -0.2) is 4.39 Å². The first-order valence-corrected chi connectivity index (χ1v) is 5.65. The number of aryl methyl sites for hydroxylation is 1. The monoisotopic (exact) mass is 253 g/mol. The molecule has 1 aromatic heterocycles. The van der Waals surface area contributed by atoms with Gasteiger partial charge in [0.15, 0.2) is 0 Å². The van der Waals surface area contributed by atoms with Crippen LogP contribution in [0.3, 0.4) is 0 Å². The minimum atomic E-state index is -0.404. The lowest BCUT2D eigenvalue weighted by atomic mass is 10.1. The second-order valence-corrected chi connectivity index (χ2v) is 4.32. The zero-order valence-corrected chi connectivity index (χ0v) is 10.4. The summed E-state index contributed by atoms with van der Waals surface area (Å²) in [6.45, 7) is 1.94. The minimum absolute atomic E-state index is 0.0309. The van der Waals surface area contributed by atoms with Gasteiger partial charge in [-0.2, -0.15) is 5.10 Å². The fourth-order valence-corrected chi connectivity index (χ4v) is 1.70. The molecule has 1 unspecified atom stereocenters. The molecule has 2 rings (SSSR count). The fraction of sp³-hybridized carbons (Fsp3) is 0.250. The molecule has 0 fully saturated rings. The Balaban J connectivity index is 2.14. The van der Waals surface area contributed by atoms with Crippen LogP contribution in [0.1, 0.15) is 18.5 Å². The van der Waals surface area contributed by atoms with E-state index in [1.165, 1.54) is 6.07 Å². The molecule has 0 aliphatic heterocycles. The molecule has 1 aromatic carbocycles. The van der Waals surface area contributed by atoms with Crippen LogP contribution in [0.25, 0.3) is 0 Å². The molecular formula is C12H13ClFN3. The summed E-state index contributed by atoms with van der Waals surface area (Å²) < 4.78 is 15.0. The van der Waals surface area contributed by atoms with Gasteiger partial charge in [0.25, 0.3) is 0 Å². The fourth-order valence-electron chi connectivity index (χ4n) is 1.58. The third kappa shape index (κ3) is 2.77. The predicted molar refractivity (Wildman–Crippen MR) is 66.7 cm³/mol. The summed E-state index contributed by atoms with van der Waals surface area (Å²) >= 11 is 5.64. The second kappa shape index (κ2) is 4.75. The summed E-state index contributed by atoms with van der Waals surface area (Å²) in [4.78, 5) is 0. The summed E-state index contributed by atoms with van der Waals surface area (Å²) in [5.74, 6) is 0.356. The van der Waals surface area contributed by atoms with Crippen molar-refractivity contribution in [2.24, 2.45) is 7.05 Å². The lowest BCUT2D eigenvalue weighted by Crippen LogP contribution is -2.07. The average molecular weight is 254 g/mol. The van der Waals surface area contributed by atoms with Gasteiger partial charge in [-0.15, -0.1) is 0 Å². The van der Waals surface area contributed by atoms with Crippen LogP contribution in [0.15, 0.2) is 30.5 Å². The lowest BCUT2D eigenvalue weighted by Gasteiger charge is -2.13. The molecular weight excluding hydrogens is 241 g/mol. The van der Waals surface area contributed by atoms with E-state index < -0.39 is 5.82 Å². The molecule has 0 spiro atoms. The van der Waals surface area contributed by atoms with E-state index in [1.807, 2.05) is 26.2 Å². The highest BCUT2D eigenvalue weighted by Crippen LogP contribution is 2.22. The molecule has 2 aromatic rings. The van der Waals surface area contributed by atoms with Gasteiger partial charge < -0.3 is 5.32 Å². The van der Waals surface area contributed by atoms with Crippen molar-refractivity contribution in [3.63, 3.8) is 0 Å². The van der Waals surface area contributed by atoms with E-state index in [0.29, 0.717) is 0 Å². The van der Waals surface area contributed by atoms with E-state index in [1.54, 1.807) is 16.8 Å². The van der Waals surface area contributed by atoms with Gasteiger partial charge in [-0.1, -0.05) is 17.7 Å². The van der Waals surface area contributed by atoms with E-state index in [9.17, 15) is 4.39 Å². The third-order valence-corrected chi connectivity index (χ3v) is 2.83. The smallest absolute Gasteiger partial charge is 0.148 e. The number of nitrogens with one attached hydrogen (secondary N) is 1. The van der Waals surface area contributed by atoms with Gasteiger partial charge in [-0.3, -0.25) is 4.68 Å². The predicted octanol–water partition coefficient (Wildman–Crippen LogP) is 3.39. The van der Waals surface area contributed by atoms with E-state index in [-0.39, 0.29) is 11.1 Å². The van der Waals surface area contributed by atoms with Gasteiger partial charge in [0.2, 0.25) is 0 Å². The lowest BCUT2D eigenvalue weighted by molar-refractivity contribution is 0.624. The number of hydrogen-bond donors (Lipinski definition) is 1. The van der Waals surface area contributed by atoms with Gasteiger partial charge in [0.1, 0.15) is 11.6 Å². The molecule has 1 heterocycles. The highest BCUT2D eigenvalue weighted by molar-refractivity contribution is 6.30. The van der Waals surface area contributed by atoms with E-state index in [2.05, 4.69) is 10.4 Å². The van der Waals surface area contributed by atoms with Crippen molar-refractivity contribution < 1.29 is 4.39 Å². The first-order valence-electron chi connectivity index (χ1n) is 5.27. The van der Waals surface area contributed by atoms with Crippen LogP contribution < -0.4 is 5.32 Å². The normalized spacial score (nSPS) is 12.5. The molecule has 3 nitrogen and oxygen atoms in total. The number of nitrogens with zero attached hydrogens (tertiary/aromatic N) is 2. The number of halogens is 2. The van der Waals surface area contributed by atoms with Crippen LogP contribution in [0, 0.1) is 5.82 Å². The van der Waals surface area contributed by atoms with Gasteiger partial charge >= 0.3 is 0 Å². The Morgan fingerprint density at radius 1 is 1.41 bits per heavy atom. The molecule has 0 aliphatic rings. The molecule has 0 saturated heterocycles. The van der Waals surface area contributed by atoms with Crippen molar-refractivity contribution in [1.82, 2.24) is 9.78 Å². The molecule has 1 atom stereocenters.